The van der Waals surface area contributed by atoms with Gasteiger partial charge in [-0.2, -0.15) is 0 Å². The second kappa shape index (κ2) is 9.69. The summed E-state index contributed by atoms with van der Waals surface area (Å²) in [7, 11) is 4.56. The number of nitrogens with two attached hydrogens (primary N) is 1. The Labute approximate surface area is 190 Å². The highest BCUT2D eigenvalue weighted by Gasteiger charge is 2.42. The maximum atomic E-state index is 13.7. The maximum absolute atomic E-state index is 13.7. The minimum absolute atomic E-state index is 0.125. The van der Waals surface area contributed by atoms with Crippen LogP contribution in [0.3, 0.4) is 0 Å². The van der Waals surface area contributed by atoms with Crippen LogP contribution in [0.25, 0.3) is 0 Å². The smallest absolute Gasteiger partial charge is 0.258 e. The van der Waals surface area contributed by atoms with Gasteiger partial charge in [0.2, 0.25) is 11.5 Å². The number of carbonyl (C=O) groups is 1. The standard InChI is InChI=1S/C25H34N2O5/c1-16-12-14-27(25(16,2)3)24(28)19-15-20(22(30-5)23(31-6)21(19)29-4)32-18-9-7-17(8-10-18)11-13-26/h7-10,15-16H,11-14,26H2,1-6H3. The van der Waals surface area contributed by atoms with Crippen molar-refractivity contribution in [1.29, 1.82) is 0 Å². The molecule has 2 aromatic carbocycles. The Kier molecular flexibility index (Phi) is 7.19. The molecular formula is C25H34N2O5. The third-order valence-electron chi connectivity index (χ3n) is 6.52. The normalized spacial score (nSPS) is 17.2. The van der Waals surface area contributed by atoms with Crippen LogP contribution in [0.2, 0.25) is 0 Å². The lowest BCUT2D eigenvalue weighted by atomic mass is 9.90. The van der Waals surface area contributed by atoms with Crippen LogP contribution >= 0.6 is 0 Å². The minimum atomic E-state index is -0.269. The fraction of sp³-hybridized carbons (Fsp3) is 0.480. The molecule has 2 aromatic rings. The SMILES string of the molecule is COc1c(Oc2ccc(CCN)cc2)cc(C(=O)N2CCC(C)C2(C)C)c(OC)c1OC. The lowest BCUT2D eigenvalue weighted by Gasteiger charge is -2.35. The average molecular weight is 443 g/mol. The van der Waals surface area contributed by atoms with E-state index >= 15 is 0 Å². The first-order valence-corrected chi connectivity index (χ1v) is 10.9. The minimum Gasteiger partial charge on any atom is -0.492 e. The van der Waals surface area contributed by atoms with E-state index in [1.807, 2.05) is 29.2 Å². The van der Waals surface area contributed by atoms with Gasteiger partial charge in [-0.3, -0.25) is 4.79 Å². The largest absolute Gasteiger partial charge is 0.492 e. The Morgan fingerprint density at radius 2 is 1.69 bits per heavy atom. The molecule has 1 amide bonds. The van der Waals surface area contributed by atoms with Crippen molar-refractivity contribution >= 4 is 5.91 Å². The highest BCUT2D eigenvalue weighted by Crippen LogP contribution is 2.49. The van der Waals surface area contributed by atoms with Gasteiger partial charge in [-0.1, -0.05) is 19.1 Å². The molecule has 1 heterocycles. The van der Waals surface area contributed by atoms with Gasteiger partial charge in [-0.15, -0.1) is 0 Å². The number of methoxy groups -OCH3 is 3. The van der Waals surface area contributed by atoms with E-state index in [1.165, 1.54) is 21.3 Å². The van der Waals surface area contributed by atoms with Crippen LogP contribution in [0, 0.1) is 5.92 Å². The van der Waals surface area contributed by atoms with Gasteiger partial charge in [0.1, 0.15) is 5.75 Å². The van der Waals surface area contributed by atoms with Crippen LogP contribution in [-0.4, -0.2) is 50.8 Å². The molecule has 7 nitrogen and oxygen atoms in total. The van der Waals surface area contributed by atoms with Gasteiger partial charge in [-0.25, -0.2) is 0 Å². The molecular weight excluding hydrogens is 408 g/mol. The number of hydrogen-bond donors (Lipinski definition) is 1. The zero-order valence-electron chi connectivity index (χ0n) is 19.9. The molecule has 1 fully saturated rings. The molecule has 0 aliphatic carbocycles. The zero-order chi connectivity index (χ0) is 23.5. The Morgan fingerprint density at radius 1 is 1.06 bits per heavy atom. The molecule has 1 unspecified atom stereocenters. The number of benzene rings is 2. The molecule has 0 spiro atoms. The average Bonchev–Trinajstić information content (AvgIpc) is 3.05. The van der Waals surface area contributed by atoms with E-state index in [4.69, 9.17) is 24.7 Å². The fourth-order valence-electron chi connectivity index (χ4n) is 4.17. The maximum Gasteiger partial charge on any atom is 0.258 e. The molecule has 0 saturated carbocycles. The molecule has 1 saturated heterocycles. The highest BCUT2D eigenvalue weighted by atomic mass is 16.5. The molecule has 7 heteroatoms. The molecule has 1 aliphatic heterocycles. The van der Waals surface area contributed by atoms with E-state index in [1.54, 1.807) is 6.07 Å². The van der Waals surface area contributed by atoms with Gasteiger partial charge in [0, 0.05) is 18.2 Å². The van der Waals surface area contributed by atoms with E-state index in [9.17, 15) is 4.79 Å². The van der Waals surface area contributed by atoms with Crippen LogP contribution in [-0.2, 0) is 6.42 Å². The van der Waals surface area contributed by atoms with E-state index in [0.29, 0.717) is 53.3 Å². The quantitative estimate of drug-likeness (QED) is 0.657. The van der Waals surface area contributed by atoms with Crippen molar-refractivity contribution in [2.24, 2.45) is 11.7 Å². The monoisotopic (exact) mass is 442 g/mol. The number of carbonyl (C=O) groups excluding carboxylic acids is 1. The van der Waals surface area contributed by atoms with E-state index in [0.717, 1.165) is 18.4 Å². The van der Waals surface area contributed by atoms with Crippen molar-refractivity contribution in [3.05, 3.63) is 41.5 Å². The summed E-state index contributed by atoms with van der Waals surface area (Å²) in [4.78, 5) is 15.6. The molecule has 1 atom stereocenters. The summed E-state index contributed by atoms with van der Waals surface area (Å²) in [6.07, 6.45) is 1.75. The van der Waals surface area contributed by atoms with Gasteiger partial charge in [0.15, 0.2) is 11.5 Å². The molecule has 32 heavy (non-hydrogen) atoms. The topological polar surface area (TPSA) is 83.3 Å². The lowest BCUT2D eigenvalue weighted by molar-refractivity contribution is 0.0607. The molecule has 2 N–H and O–H groups in total. The van der Waals surface area contributed by atoms with Gasteiger partial charge in [0.05, 0.1) is 26.9 Å². The van der Waals surface area contributed by atoms with E-state index in [2.05, 4.69) is 20.8 Å². The summed E-state index contributed by atoms with van der Waals surface area (Å²) < 4.78 is 22.9. The van der Waals surface area contributed by atoms with Gasteiger partial charge >= 0.3 is 0 Å². The van der Waals surface area contributed by atoms with Crippen LogP contribution in [0.5, 0.6) is 28.7 Å². The van der Waals surface area contributed by atoms with Crippen LogP contribution in [0.15, 0.2) is 30.3 Å². The van der Waals surface area contributed by atoms with E-state index in [-0.39, 0.29) is 11.4 Å². The molecule has 0 radical (unpaired) electrons. The first-order valence-electron chi connectivity index (χ1n) is 10.9. The van der Waals surface area contributed by atoms with Crippen molar-refractivity contribution in [2.45, 2.75) is 39.2 Å². The second-order valence-corrected chi connectivity index (χ2v) is 8.61. The van der Waals surface area contributed by atoms with E-state index < -0.39 is 0 Å². The van der Waals surface area contributed by atoms with Crippen molar-refractivity contribution in [3.63, 3.8) is 0 Å². The summed E-state index contributed by atoms with van der Waals surface area (Å²) in [6.45, 7) is 7.62. The van der Waals surface area contributed by atoms with Crippen LogP contribution in [0.1, 0.15) is 43.1 Å². The Morgan fingerprint density at radius 3 is 2.19 bits per heavy atom. The predicted molar refractivity (Wildman–Crippen MR) is 124 cm³/mol. The first-order chi connectivity index (χ1) is 15.3. The highest BCUT2D eigenvalue weighted by molar-refractivity contribution is 5.99. The van der Waals surface area contributed by atoms with Crippen molar-refractivity contribution in [1.82, 2.24) is 4.90 Å². The second-order valence-electron chi connectivity index (χ2n) is 8.61. The lowest BCUT2D eigenvalue weighted by Crippen LogP contribution is -2.45. The van der Waals surface area contributed by atoms with Crippen molar-refractivity contribution in [2.75, 3.05) is 34.4 Å². The van der Waals surface area contributed by atoms with Gasteiger partial charge in [0.25, 0.3) is 5.91 Å². The predicted octanol–water partition coefficient (Wildman–Crippen LogP) is 4.27. The number of likely N-dealkylation sites (tertiary alicyclic amines) is 1. The number of hydrogen-bond acceptors (Lipinski definition) is 6. The Bertz CT molecular complexity index is 956. The van der Waals surface area contributed by atoms with Crippen molar-refractivity contribution < 1.29 is 23.7 Å². The molecule has 0 aromatic heterocycles. The third kappa shape index (κ3) is 4.35. The first kappa shape index (κ1) is 23.7. The number of rotatable bonds is 8. The summed E-state index contributed by atoms with van der Waals surface area (Å²) in [5.41, 5.74) is 6.87. The molecule has 3 rings (SSSR count). The van der Waals surface area contributed by atoms with Crippen LogP contribution in [0.4, 0.5) is 0 Å². The van der Waals surface area contributed by atoms with Crippen molar-refractivity contribution in [3.8, 4) is 28.7 Å². The van der Waals surface area contributed by atoms with Crippen LogP contribution < -0.4 is 24.7 Å². The van der Waals surface area contributed by atoms with Gasteiger partial charge in [-0.05, 0) is 56.8 Å². The fourth-order valence-corrected chi connectivity index (χ4v) is 4.17. The van der Waals surface area contributed by atoms with Gasteiger partial charge < -0.3 is 29.6 Å². The summed E-state index contributed by atoms with van der Waals surface area (Å²) in [6, 6.07) is 9.35. The zero-order valence-corrected chi connectivity index (χ0v) is 19.9. The molecule has 1 aliphatic rings. The number of amides is 1. The number of ether oxygens (including phenoxy) is 4. The Balaban J connectivity index is 2.06. The summed E-state index contributed by atoms with van der Waals surface area (Å²) in [5.74, 6) is 2.27. The summed E-state index contributed by atoms with van der Waals surface area (Å²) in [5, 5.41) is 0. The molecule has 0 bridgehead atoms. The summed E-state index contributed by atoms with van der Waals surface area (Å²) >= 11 is 0. The number of nitrogens with zero attached hydrogens (tertiary/aromatic N) is 1. The third-order valence-corrected chi connectivity index (χ3v) is 6.52. The Hall–Kier alpha value is -2.93. The molecule has 174 valence electrons.